The zero-order chi connectivity index (χ0) is 9.97. The summed E-state index contributed by atoms with van der Waals surface area (Å²) in [6.45, 7) is 0.872. The number of aryl methyl sites for hydroxylation is 1. The molecule has 3 nitrogen and oxygen atoms in total. The van der Waals surface area contributed by atoms with Crippen LogP contribution in [-0.2, 0) is 11.2 Å². The predicted molar refractivity (Wildman–Crippen MR) is 56.1 cm³/mol. The van der Waals surface area contributed by atoms with Crippen LogP contribution in [0.1, 0.15) is 12.0 Å². The second-order valence-electron chi connectivity index (χ2n) is 3.55. The van der Waals surface area contributed by atoms with Gasteiger partial charge in [0, 0.05) is 12.2 Å². The largest absolute Gasteiger partial charge is 0.350 e. The maximum atomic E-state index is 10.6. The smallest absolute Gasteiger partial charge is 0.156 e. The average Bonchev–Trinajstić information content (AvgIpc) is 2.27. The first-order chi connectivity index (χ1) is 6.83. The molecule has 1 atom stereocenters. The molecule has 1 aliphatic heterocycles. The molecule has 0 fully saturated rings. The van der Waals surface area contributed by atoms with Crippen LogP contribution in [0.2, 0.25) is 0 Å². The number of benzene rings is 1. The molecule has 1 aromatic rings. The van der Waals surface area contributed by atoms with Crippen molar-refractivity contribution < 1.29 is 4.79 Å². The number of aldehydes is 1. The first-order valence-corrected chi connectivity index (χ1v) is 4.88. The molecule has 0 saturated carbocycles. The molecular weight excluding hydrogens is 176 g/mol. The average molecular weight is 190 g/mol. The van der Waals surface area contributed by atoms with Crippen LogP contribution < -0.4 is 10.6 Å². The summed E-state index contributed by atoms with van der Waals surface area (Å²) in [4.78, 5) is 12.6. The Bertz CT molecular complexity index is 338. The number of fused-ring (bicyclic) bond motifs is 1. The molecule has 0 bridgehead atoms. The summed E-state index contributed by atoms with van der Waals surface area (Å²) in [5, 5.41) is 0. The van der Waals surface area contributed by atoms with Gasteiger partial charge in [-0.1, -0.05) is 18.2 Å². The third-order valence-electron chi connectivity index (χ3n) is 2.65. The number of carbonyl (C=O) groups excluding carboxylic acids is 1. The molecule has 0 aliphatic carbocycles. The highest BCUT2D eigenvalue weighted by Crippen LogP contribution is 2.26. The molecule has 2 N–H and O–H groups in total. The molecular formula is C11H14N2O. The Morgan fingerprint density at radius 2 is 2.21 bits per heavy atom. The van der Waals surface area contributed by atoms with E-state index in [1.54, 1.807) is 0 Å². The lowest BCUT2D eigenvalue weighted by atomic mass is 10.0. The number of anilines is 1. The van der Waals surface area contributed by atoms with Crippen molar-refractivity contribution in [3.8, 4) is 0 Å². The Kier molecular flexibility index (Phi) is 2.50. The third kappa shape index (κ3) is 1.51. The summed E-state index contributed by atoms with van der Waals surface area (Å²) in [7, 11) is 0. The highest BCUT2D eigenvalue weighted by atomic mass is 16.1. The lowest BCUT2D eigenvalue weighted by molar-refractivity contribution is -0.108. The number of carbonyl (C=O) groups is 1. The molecule has 1 unspecified atom stereocenters. The quantitative estimate of drug-likeness (QED) is 0.705. The van der Waals surface area contributed by atoms with Gasteiger partial charge in [0.15, 0.2) is 6.29 Å². The number of nitrogens with zero attached hydrogens (tertiary/aromatic N) is 1. The summed E-state index contributed by atoms with van der Waals surface area (Å²) in [6, 6.07) is 8.13. The van der Waals surface area contributed by atoms with Gasteiger partial charge in [0.1, 0.15) is 6.17 Å². The van der Waals surface area contributed by atoms with Gasteiger partial charge in [0.25, 0.3) is 0 Å². The maximum Gasteiger partial charge on any atom is 0.156 e. The lowest BCUT2D eigenvalue weighted by Gasteiger charge is -2.33. The molecule has 14 heavy (non-hydrogen) atoms. The molecule has 1 heterocycles. The van der Waals surface area contributed by atoms with Gasteiger partial charge in [0.2, 0.25) is 0 Å². The number of para-hydroxylation sites is 1. The van der Waals surface area contributed by atoms with Gasteiger partial charge in [-0.25, -0.2) is 0 Å². The summed E-state index contributed by atoms with van der Waals surface area (Å²) in [5.41, 5.74) is 8.12. The second kappa shape index (κ2) is 3.80. The summed E-state index contributed by atoms with van der Waals surface area (Å²) in [5.74, 6) is 0. The van der Waals surface area contributed by atoms with Crippen molar-refractivity contribution >= 4 is 12.0 Å². The van der Waals surface area contributed by atoms with Crippen LogP contribution in [0, 0.1) is 0 Å². The molecule has 0 aromatic heterocycles. The van der Waals surface area contributed by atoms with E-state index in [1.165, 1.54) is 5.56 Å². The highest BCUT2D eigenvalue weighted by Gasteiger charge is 2.20. The highest BCUT2D eigenvalue weighted by molar-refractivity contribution is 5.67. The van der Waals surface area contributed by atoms with Crippen LogP contribution in [-0.4, -0.2) is 19.0 Å². The minimum Gasteiger partial charge on any atom is -0.350 e. The first kappa shape index (κ1) is 9.21. The Morgan fingerprint density at radius 3 is 3.00 bits per heavy atom. The molecule has 0 spiro atoms. The van der Waals surface area contributed by atoms with Gasteiger partial charge >= 0.3 is 0 Å². The molecule has 1 aliphatic rings. The summed E-state index contributed by atoms with van der Waals surface area (Å²) >= 11 is 0. The van der Waals surface area contributed by atoms with Crippen molar-refractivity contribution in [1.82, 2.24) is 0 Å². The van der Waals surface area contributed by atoms with Gasteiger partial charge in [-0.3, -0.25) is 4.79 Å². The van der Waals surface area contributed by atoms with E-state index < -0.39 is 6.17 Å². The van der Waals surface area contributed by atoms with E-state index in [-0.39, 0.29) is 0 Å². The monoisotopic (exact) mass is 190 g/mol. The number of nitrogens with two attached hydrogens (primary N) is 1. The van der Waals surface area contributed by atoms with E-state index in [9.17, 15) is 4.79 Å². The Balaban J connectivity index is 2.35. The van der Waals surface area contributed by atoms with Gasteiger partial charge in [-0.05, 0) is 24.5 Å². The van der Waals surface area contributed by atoms with Crippen molar-refractivity contribution in [1.29, 1.82) is 0 Å². The summed E-state index contributed by atoms with van der Waals surface area (Å²) in [6.07, 6.45) is 2.44. The van der Waals surface area contributed by atoms with Crippen LogP contribution in [0.4, 0.5) is 5.69 Å². The topological polar surface area (TPSA) is 46.3 Å². The van der Waals surface area contributed by atoms with E-state index in [1.807, 2.05) is 23.1 Å². The zero-order valence-corrected chi connectivity index (χ0v) is 8.02. The fourth-order valence-electron chi connectivity index (χ4n) is 1.95. The molecule has 1 aromatic carbocycles. The van der Waals surface area contributed by atoms with Crippen LogP contribution in [0.3, 0.4) is 0 Å². The number of hydrogen-bond donors (Lipinski definition) is 1. The molecule has 74 valence electrons. The normalized spacial score (nSPS) is 17.4. The van der Waals surface area contributed by atoms with Crippen LogP contribution in [0.15, 0.2) is 24.3 Å². The van der Waals surface area contributed by atoms with Crippen molar-refractivity contribution in [3.05, 3.63) is 29.8 Å². The standard InChI is InChI=1S/C11H14N2O/c12-11(8-14)13-7-3-5-9-4-1-2-6-10(9)13/h1-2,4,6,8,11H,3,5,7,12H2. The van der Waals surface area contributed by atoms with E-state index in [4.69, 9.17) is 5.73 Å². The Labute approximate surface area is 83.5 Å². The van der Waals surface area contributed by atoms with Gasteiger partial charge in [-0.15, -0.1) is 0 Å². The van der Waals surface area contributed by atoms with Crippen LogP contribution in [0.5, 0.6) is 0 Å². The van der Waals surface area contributed by atoms with Crippen molar-refractivity contribution in [2.75, 3.05) is 11.4 Å². The Morgan fingerprint density at radius 1 is 1.43 bits per heavy atom. The number of hydrogen-bond acceptors (Lipinski definition) is 3. The summed E-state index contributed by atoms with van der Waals surface area (Å²) < 4.78 is 0. The SMILES string of the molecule is NC(C=O)N1CCCc2ccccc21. The Hall–Kier alpha value is -1.35. The fourth-order valence-corrected chi connectivity index (χ4v) is 1.95. The van der Waals surface area contributed by atoms with Gasteiger partial charge < -0.3 is 10.6 Å². The molecule has 2 rings (SSSR count). The first-order valence-electron chi connectivity index (χ1n) is 4.88. The second-order valence-corrected chi connectivity index (χ2v) is 3.55. The van der Waals surface area contributed by atoms with Gasteiger partial charge in [0.05, 0.1) is 0 Å². The molecule has 0 amide bonds. The van der Waals surface area contributed by atoms with Crippen LogP contribution >= 0.6 is 0 Å². The number of rotatable bonds is 2. The van der Waals surface area contributed by atoms with Crippen molar-refractivity contribution in [2.45, 2.75) is 19.0 Å². The van der Waals surface area contributed by atoms with E-state index in [2.05, 4.69) is 6.07 Å². The third-order valence-corrected chi connectivity index (χ3v) is 2.65. The predicted octanol–water partition coefficient (Wildman–Crippen LogP) is 0.923. The molecule has 0 radical (unpaired) electrons. The van der Waals surface area contributed by atoms with Crippen molar-refractivity contribution in [2.24, 2.45) is 5.73 Å². The van der Waals surface area contributed by atoms with Crippen molar-refractivity contribution in [3.63, 3.8) is 0 Å². The van der Waals surface area contributed by atoms with E-state index in [0.29, 0.717) is 0 Å². The van der Waals surface area contributed by atoms with Crippen LogP contribution in [0.25, 0.3) is 0 Å². The lowest BCUT2D eigenvalue weighted by Crippen LogP contribution is -2.45. The van der Waals surface area contributed by atoms with E-state index >= 15 is 0 Å². The molecule has 3 heteroatoms. The minimum absolute atomic E-state index is 0.503. The zero-order valence-electron chi connectivity index (χ0n) is 8.02. The minimum atomic E-state index is -0.503. The van der Waals surface area contributed by atoms with Gasteiger partial charge in [-0.2, -0.15) is 0 Å². The molecule has 0 saturated heterocycles. The van der Waals surface area contributed by atoms with E-state index in [0.717, 1.165) is 31.4 Å². The fraction of sp³-hybridized carbons (Fsp3) is 0.364. The maximum absolute atomic E-state index is 10.6.